The molecule has 0 fully saturated rings. The zero-order valence-corrected chi connectivity index (χ0v) is 23.1. The first-order valence-electron chi connectivity index (χ1n) is 10.1. The Morgan fingerprint density at radius 2 is 1.28 bits per heavy atom. The summed E-state index contributed by atoms with van der Waals surface area (Å²) in [6.45, 7) is 7.75. The summed E-state index contributed by atoms with van der Waals surface area (Å²) in [6, 6.07) is 7.26. The third-order valence-corrected chi connectivity index (χ3v) is 10.1. The lowest BCUT2D eigenvalue weighted by Gasteiger charge is -2.24. The molecule has 36 heavy (non-hydrogen) atoms. The van der Waals surface area contributed by atoms with Crippen molar-refractivity contribution in [3.8, 4) is 0 Å². The molecule has 18 heteroatoms. The lowest BCUT2D eigenvalue weighted by molar-refractivity contribution is -0.707. The molecule has 0 aromatic carbocycles. The molecule has 1 heterocycles. The van der Waals surface area contributed by atoms with E-state index in [-0.39, 0.29) is 5.41 Å². The Kier molecular flexibility index (Phi) is 12.5. The minimum atomic E-state index is -6.72. The van der Waals surface area contributed by atoms with Gasteiger partial charge < -0.3 is 17.4 Å². The van der Waals surface area contributed by atoms with Gasteiger partial charge in [0.05, 0.1) is 0 Å². The number of unbranched alkanes of at least 4 members (excludes halogenated alkanes) is 1. The Morgan fingerprint density at radius 1 is 0.833 bits per heavy atom. The molecule has 9 nitrogen and oxygen atoms in total. The van der Waals surface area contributed by atoms with Crippen LogP contribution in [0.3, 0.4) is 0 Å². The Labute approximate surface area is 208 Å². The van der Waals surface area contributed by atoms with E-state index in [2.05, 4.69) is 49.7 Å². The van der Waals surface area contributed by atoms with Gasteiger partial charge in [-0.3, -0.25) is 0 Å². The van der Waals surface area contributed by atoms with Crippen LogP contribution in [-0.4, -0.2) is 58.0 Å². The molecule has 0 saturated heterocycles. The van der Waals surface area contributed by atoms with Crippen molar-refractivity contribution >= 4 is 28.9 Å². The summed E-state index contributed by atoms with van der Waals surface area (Å²) in [5.41, 5.74) is -10.9. The van der Waals surface area contributed by atoms with Gasteiger partial charge in [0.2, 0.25) is 0 Å². The lowest BCUT2D eigenvalue weighted by atomic mass is 9.91. The lowest BCUT2D eigenvalue weighted by Crippen LogP contribution is -2.44. The molecule has 0 atom stereocenters. The molecular formula is C18H30F6N2O7S2Si. The van der Waals surface area contributed by atoms with Crippen molar-refractivity contribution in [1.82, 2.24) is 0 Å². The molecule has 0 spiro atoms. The van der Waals surface area contributed by atoms with Crippen LogP contribution in [0.5, 0.6) is 0 Å². The van der Waals surface area contributed by atoms with Gasteiger partial charge in [0.25, 0.3) is 0 Å². The molecule has 212 valence electrons. The molecule has 0 amide bonds. The maximum atomic E-state index is 11.4. The van der Waals surface area contributed by atoms with Crippen LogP contribution in [-0.2, 0) is 45.3 Å². The van der Waals surface area contributed by atoms with E-state index in [0.29, 0.717) is 0 Å². The first-order valence-corrected chi connectivity index (χ1v) is 14.9. The van der Waals surface area contributed by atoms with E-state index >= 15 is 0 Å². The van der Waals surface area contributed by atoms with Gasteiger partial charge in [-0.2, -0.15) is 26.3 Å². The second-order valence-corrected chi connectivity index (χ2v) is 14.7. The highest BCUT2D eigenvalue weighted by atomic mass is 32.3. The maximum absolute atomic E-state index is 11.4. The largest absolute Gasteiger partial charge is 0.500 e. The molecule has 0 bridgehead atoms. The van der Waals surface area contributed by atoms with Gasteiger partial charge in [-0.15, -0.1) is 0 Å². The summed E-state index contributed by atoms with van der Waals surface area (Å²) < 4.78 is 128. The smallest absolute Gasteiger partial charge is 0.421 e. The molecule has 0 radical (unpaired) electrons. The fraction of sp³-hybridized carbons (Fsp3) is 0.722. The van der Waals surface area contributed by atoms with Gasteiger partial charge >= 0.3 is 19.8 Å². The van der Waals surface area contributed by atoms with Crippen LogP contribution in [0, 0.1) is 0 Å². The minimum Gasteiger partial charge on any atom is -0.421 e. The molecule has 1 aromatic rings. The SMILES string of the molecule is CO[Si](CCCC[n+]1ccccc1C(C)(C)C)(OC)OC.O=S(=O)([N-]S(=O)(=O)C(F)(F)F)C(F)(F)F. The Hall–Kier alpha value is -1.31. The summed E-state index contributed by atoms with van der Waals surface area (Å²) in [5, 5.41) is 0. The molecule has 0 N–H and O–H groups in total. The van der Waals surface area contributed by atoms with E-state index in [1.54, 1.807) is 21.3 Å². The quantitative estimate of drug-likeness (QED) is 0.175. The van der Waals surface area contributed by atoms with Gasteiger partial charge in [-0.05, 0) is 6.42 Å². The Balaban J connectivity index is 0.000000723. The van der Waals surface area contributed by atoms with Crippen molar-refractivity contribution < 1.29 is 61.0 Å². The van der Waals surface area contributed by atoms with E-state index in [4.69, 9.17) is 13.3 Å². The molecule has 1 aromatic heterocycles. The predicted octanol–water partition coefficient (Wildman–Crippen LogP) is 3.99. The number of halogens is 6. The highest BCUT2D eigenvalue weighted by Gasteiger charge is 2.47. The summed E-state index contributed by atoms with van der Waals surface area (Å²) in [6.07, 6.45) is 4.28. The van der Waals surface area contributed by atoms with Crippen LogP contribution >= 0.6 is 0 Å². The van der Waals surface area contributed by atoms with Crippen molar-refractivity contribution in [2.45, 2.75) is 62.6 Å². The third kappa shape index (κ3) is 10.2. The summed E-state index contributed by atoms with van der Waals surface area (Å²) >= 11 is 0. The molecule has 0 unspecified atom stereocenters. The molecule has 1 rings (SSSR count). The average Bonchev–Trinajstić information content (AvgIpc) is 2.72. The summed E-state index contributed by atoms with van der Waals surface area (Å²) in [7, 11) is -10.8. The number of aryl methyl sites for hydroxylation is 1. The van der Waals surface area contributed by atoms with Crippen molar-refractivity contribution in [3.63, 3.8) is 0 Å². The van der Waals surface area contributed by atoms with Gasteiger partial charge in [-0.1, -0.05) is 26.8 Å². The van der Waals surface area contributed by atoms with Gasteiger partial charge in [0, 0.05) is 51.3 Å². The predicted molar refractivity (Wildman–Crippen MR) is 119 cm³/mol. The van der Waals surface area contributed by atoms with Gasteiger partial charge in [0.1, 0.15) is 6.54 Å². The number of rotatable bonds is 10. The fourth-order valence-electron chi connectivity index (χ4n) is 2.75. The van der Waals surface area contributed by atoms with Crippen LogP contribution in [0.1, 0.15) is 39.3 Å². The number of nitrogens with zero attached hydrogens (tertiary/aromatic N) is 2. The maximum Gasteiger partial charge on any atom is 0.500 e. The summed E-state index contributed by atoms with van der Waals surface area (Å²) in [5.74, 6) is 0. The van der Waals surface area contributed by atoms with Crippen molar-refractivity contribution in [2.24, 2.45) is 0 Å². The van der Waals surface area contributed by atoms with E-state index < -0.39 is 39.9 Å². The topological polar surface area (TPSA) is 114 Å². The first kappa shape index (κ1) is 34.7. The van der Waals surface area contributed by atoms with Crippen LogP contribution in [0.25, 0.3) is 4.13 Å². The van der Waals surface area contributed by atoms with Crippen LogP contribution < -0.4 is 4.57 Å². The second-order valence-electron chi connectivity index (χ2n) is 8.20. The fourth-order valence-corrected chi connectivity index (χ4v) is 6.25. The van der Waals surface area contributed by atoms with E-state index in [0.717, 1.165) is 29.6 Å². The zero-order chi connectivity index (χ0) is 28.6. The van der Waals surface area contributed by atoms with Gasteiger partial charge in [-0.25, -0.2) is 21.4 Å². The third-order valence-electron chi connectivity index (χ3n) is 4.56. The Bertz CT molecular complexity index is 989. The number of sulfonamides is 2. The summed E-state index contributed by atoms with van der Waals surface area (Å²) in [4.78, 5) is 0. The molecule has 0 aliphatic carbocycles. The molecule has 0 aliphatic heterocycles. The highest BCUT2D eigenvalue weighted by Crippen LogP contribution is 2.36. The zero-order valence-electron chi connectivity index (χ0n) is 20.5. The van der Waals surface area contributed by atoms with E-state index in [1.165, 1.54) is 5.69 Å². The second kappa shape index (κ2) is 13.0. The number of hydrogen-bond acceptors (Lipinski definition) is 7. The normalized spacial score (nSPS) is 13.8. The molecule has 0 saturated carbocycles. The number of aromatic nitrogens is 1. The number of pyridine rings is 1. The van der Waals surface area contributed by atoms with Crippen molar-refractivity contribution in [3.05, 3.63) is 34.2 Å². The minimum absolute atomic E-state index is 0.158. The van der Waals surface area contributed by atoms with E-state index in [1.807, 2.05) is 0 Å². The van der Waals surface area contributed by atoms with Crippen molar-refractivity contribution in [2.75, 3.05) is 21.3 Å². The van der Waals surface area contributed by atoms with Crippen molar-refractivity contribution in [1.29, 1.82) is 0 Å². The van der Waals surface area contributed by atoms with Crippen LogP contribution in [0.2, 0.25) is 6.04 Å². The standard InChI is InChI=1S/C16H30NO3Si.C2F6NO4S2/c1-16(2,3)15-11-7-8-12-17(15)13-9-10-14-21(18-4,19-5)20-6;3-1(4,5)14(10,11)9-15(12,13)2(6,7)8/h7-8,11-12H,9-10,13-14H2,1-6H3;/q+1;-1. The van der Waals surface area contributed by atoms with Crippen LogP contribution in [0.4, 0.5) is 26.3 Å². The number of alkyl halides is 6. The Morgan fingerprint density at radius 3 is 1.64 bits per heavy atom. The molecule has 0 aliphatic rings. The number of hydrogen-bond donors (Lipinski definition) is 0. The average molecular weight is 593 g/mol. The highest BCUT2D eigenvalue weighted by molar-refractivity contribution is 8.13. The van der Waals surface area contributed by atoms with Gasteiger partial charge in [0.15, 0.2) is 31.9 Å². The molecular weight excluding hydrogens is 562 g/mol. The van der Waals surface area contributed by atoms with E-state index in [9.17, 15) is 43.2 Å². The van der Waals surface area contributed by atoms with Crippen LogP contribution in [0.15, 0.2) is 24.4 Å². The monoisotopic (exact) mass is 592 g/mol. The first-order chi connectivity index (χ1) is 16.1.